The highest BCUT2D eigenvalue weighted by atomic mass is 35.5. The third-order valence-electron chi connectivity index (χ3n) is 3.59. The molecule has 1 aromatic carbocycles. The summed E-state index contributed by atoms with van der Waals surface area (Å²) < 4.78 is 5.21. The van der Waals surface area contributed by atoms with Gasteiger partial charge in [-0.3, -0.25) is 14.5 Å². The molecule has 116 valence electrons. The Bertz CT molecular complexity index is 659. The van der Waals surface area contributed by atoms with Gasteiger partial charge in [-0.05, 0) is 55.1 Å². The largest absolute Gasteiger partial charge is 0.459 e. The number of hydrogen-bond acceptors (Lipinski definition) is 3. The van der Waals surface area contributed by atoms with Crippen LogP contribution in [0.1, 0.15) is 35.0 Å². The third kappa shape index (κ3) is 3.07. The smallest absolute Gasteiger partial charge is 0.294 e. The van der Waals surface area contributed by atoms with Crippen LogP contribution in [0.2, 0.25) is 0 Å². The molecule has 0 aliphatic rings. The fraction of sp³-hybridized carbons (Fsp3) is 0.294. The molecular formula is C17H18ClNO3. The zero-order chi connectivity index (χ0) is 16.3. The number of carbonyl (C=O) groups excluding carboxylic acids is 2. The van der Waals surface area contributed by atoms with Crippen molar-refractivity contribution in [2.75, 3.05) is 4.90 Å². The first-order chi connectivity index (χ1) is 10.5. The van der Waals surface area contributed by atoms with Crippen LogP contribution in [0, 0.1) is 13.8 Å². The number of benzene rings is 1. The van der Waals surface area contributed by atoms with Crippen LogP contribution in [0.15, 0.2) is 41.0 Å². The normalized spacial score (nSPS) is 12.0. The molecule has 2 rings (SSSR count). The van der Waals surface area contributed by atoms with Crippen LogP contribution >= 0.6 is 11.6 Å². The lowest BCUT2D eigenvalue weighted by Gasteiger charge is -2.30. The molecule has 0 saturated heterocycles. The molecule has 0 aliphatic carbocycles. The summed E-state index contributed by atoms with van der Waals surface area (Å²) in [6, 6.07) is 8.19. The standard InChI is InChI=1S/C17H18ClNO3/c1-4-13(16(18)20)19(17(21)14-9-6-10-22-14)15-11(2)7-5-8-12(15)3/h5-10,13H,4H2,1-3H3. The Balaban J connectivity index is 2.60. The molecule has 0 radical (unpaired) electrons. The average molecular weight is 320 g/mol. The first-order valence-electron chi connectivity index (χ1n) is 7.10. The van der Waals surface area contributed by atoms with Crippen molar-refractivity contribution >= 4 is 28.4 Å². The van der Waals surface area contributed by atoms with Crippen molar-refractivity contribution in [2.24, 2.45) is 0 Å². The highest BCUT2D eigenvalue weighted by Gasteiger charge is 2.32. The van der Waals surface area contributed by atoms with Crippen molar-refractivity contribution in [1.82, 2.24) is 0 Å². The lowest BCUT2D eigenvalue weighted by Crippen LogP contribution is -2.44. The van der Waals surface area contributed by atoms with Gasteiger partial charge in [-0.25, -0.2) is 0 Å². The van der Waals surface area contributed by atoms with Gasteiger partial charge in [-0.1, -0.05) is 25.1 Å². The minimum atomic E-state index is -0.737. The molecule has 22 heavy (non-hydrogen) atoms. The second-order valence-corrected chi connectivity index (χ2v) is 5.49. The quantitative estimate of drug-likeness (QED) is 0.780. The number of rotatable bonds is 5. The van der Waals surface area contributed by atoms with E-state index in [1.54, 1.807) is 12.1 Å². The summed E-state index contributed by atoms with van der Waals surface area (Å²) in [6.45, 7) is 5.62. The number of nitrogens with zero attached hydrogens (tertiary/aromatic N) is 1. The number of halogens is 1. The number of hydrogen-bond donors (Lipinski definition) is 0. The molecule has 0 aliphatic heterocycles. The van der Waals surface area contributed by atoms with E-state index in [9.17, 15) is 9.59 Å². The van der Waals surface area contributed by atoms with Crippen LogP contribution in [0.4, 0.5) is 5.69 Å². The molecule has 1 amide bonds. The van der Waals surface area contributed by atoms with Crippen LogP contribution in [0.25, 0.3) is 0 Å². The number of amides is 1. The summed E-state index contributed by atoms with van der Waals surface area (Å²) in [5, 5.41) is -0.565. The SMILES string of the molecule is CCC(C(=O)Cl)N(C(=O)c1ccco1)c1c(C)cccc1C. The van der Waals surface area contributed by atoms with Crippen molar-refractivity contribution < 1.29 is 14.0 Å². The first kappa shape index (κ1) is 16.3. The Hall–Kier alpha value is -2.07. The van der Waals surface area contributed by atoms with Crippen LogP contribution in [-0.2, 0) is 4.79 Å². The van der Waals surface area contributed by atoms with Crippen LogP contribution in [0.5, 0.6) is 0 Å². The molecule has 5 heteroatoms. The topological polar surface area (TPSA) is 50.5 Å². The molecular weight excluding hydrogens is 302 g/mol. The fourth-order valence-corrected chi connectivity index (χ4v) is 2.80. The molecule has 4 nitrogen and oxygen atoms in total. The minimum Gasteiger partial charge on any atom is -0.459 e. The number of aryl methyl sites for hydroxylation is 2. The molecule has 1 unspecified atom stereocenters. The van der Waals surface area contributed by atoms with Crippen molar-refractivity contribution in [3.05, 3.63) is 53.5 Å². The van der Waals surface area contributed by atoms with Gasteiger partial charge in [0.15, 0.2) is 5.76 Å². The second-order valence-electron chi connectivity index (χ2n) is 5.12. The lowest BCUT2D eigenvalue weighted by atomic mass is 10.0. The highest BCUT2D eigenvalue weighted by molar-refractivity contribution is 6.65. The first-order valence-corrected chi connectivity index (χ1v) is 7.47. The Kier molecular flexibility index (Phi) is 5.03. The van der Waals surface area contributed by atoms with Crippen LogP contribution in [0.3, 0.4) is 0 Å². The highest BCUT2D eigenvalue weighted by Crippen LogP contribution is 2.30. The Morgan fingerprint density at radius 3 is 2.27 bits per heavy atom. The van der Waals surface area contributed by atoms with Crippen molar-refractivity contribution in [3.63, 3.8) is 0 Å². The Labute approximate surface area is 134 Å². The predicted octanol–water partition coefficient (Wildman–Crippen LogP) is 4.09. The predicted molar refractivity (Wildman–Crippen MR) is 86.4 cm³/mol. The molecule has 0 N–H and O–H groups in total. The number of anilines is 1. The van der Waals surface area contributed by atoms with E-state index < -0.39 is 11.3 Å². The maximum Gasteiger partial charge on any atom is 0.294 e. The van der Waals surface area contributed by atoms with Gasteiger partial charge in [0.1, 0.15) is 6.04 Å². The van der Waals surface area contributed by atoms with Gasteiger partial charge in [0.25, 0.3) is 5.91 Å². The van der Waals surface area contributed by atoms with E-state index >= 15 is 0 Å². The van der Waals surface area contributed by atoms with Gasteiger partial charge in [0.2, 0.25) is 5.24 Å². The van der Waals surface area contributed by atoms with Gasteiger partial charge in [-0.2, -0.15) is 0 Å². The molecule has 0 fully saturated rings. The summed E-state index contributed by atoms with van der Waals surface area (Å²) in [4.78, 5) is 26.1. The van der Waals surface area contributed by atoms with Gasteiger partial charge in [0, 0.05) is 0 Å². The fourth-order valence-electron chi connectivity index (χ4n) is 2.55. The summed E-state index contributed by atoms with van der Waals surface area (Å²) in [7, 11) is 0. The maximum absolute atomic E-state index is 12.8. The molecule has 0 saturated carbocycles. The minimum absolute atomic E-state index is 0.180. The molecule has 0 bridgehead atoms. The lowest BCUT2D eigenvalue weighted by molar-refractivity contribution is -0.112. The zero-order valence-corrected chi connectivity index (χ0v) is 13.6. The van der Waals surface area contributed by atoms with Gasteiger partial charge in [-0.15, -0.1) is 0 Å². The molecule has 0 spiro atoms. The second kappa shape index (κ2) is 6.79. The number of furan rings is 1. The monoisotopic (exact) mass is 319 g/mol. The molecule has 2 aromatic rings. The van der Waals surface area contributed by atoms with Gasteiger partial charge in [0.05, 0.1) is 12.0 Å². The van der Waals surface area contributed by atoms with Gasteiger partial charge < -0.3 is 4.42 Å². The molecule has 1 aromatic heterocycles. The van der Waals surface area contributed by atoms with Crippen molar-refractivity contribution in [1.29, 1.82) is 0 Å². The van der Waals surface area contributed by atoms with E-state index in [-0.39, 0.29) is 11.7 Å². The van der Waals surface area contributed by atoms with Crippen LogP contribution < -0.4 is 4.90 Å². The van der Waals surface area contributed by atoms with Gasteiger partial charge >= 0.3 is 0 Å². The van der Waals surface area contributed by atoms with E-state index in [2.05, 4.69) is 0 Å². The molecule has 1 heterocycles. The summed E-state index contributed by atoms with van der Waals surface area (Å²) in [5.74, 6) is -0.192. The number of carbonyl (C=O) groups is 2. The summed E-state index contributed by atoms with van der Waals surface area (Å²) in [6.07, 6.45) is 1.85. The Morgan fingerprint density at radius 1 is 1.18 bits per heavy atom. The maximum atomic E-state index is 12.8. The third-order valence-corrected chi connectivity index (χ3v) is 3.84. The van der Waals surface area contributed by atoms with E-state index in [1.807, 2.05) is 39.0 Å². The summed E-state index contributed by atoms with van der Waals surface area (Å²) >= 11 is 5.74. The zero-order valence-electron chi connectivity index (χ0n) is 12.8. The molecule has 1 atom stereocenters. The van der Waals surface area contributed by atoms with Crippen molar-refractivity contribution in [2.45, 2.75) is 33.2 Å². The van der Waals surface area contributed by atoms with E-state index in [4.69, 9.17) is 16.0 Å². The van der Waals surface area contributed by atoms with E-state index in [0.717, 1.165) is 11.1 Å². The van der Waals surface area contributed by atoms with Crippen molar-refractivity contribution in [3.8, 4) is 0 Å². The van der Waals surface area contributed by atoms with Crippen LogP contribution in [-0.4, -0.2) is 17.2 Å². The van der Waals surface area contributed by atoms with E-state index in [1.165, 1.54) is 11.2 Å². The summed E-state index contributed by atoms with van der Waals surface area (Å²) in [5.41, 5.74) is 2.50. The Morgan fingerprint density at radius 2 is 1.82 bits per heavy atom. The number of para-hydroxylation sites is 1. The van der Waals surface area contributed by atoms with E-state index in [0.29, 0.717) is 12.1 Å². The average Bonchev–Trinajstić information content (AvgIpc) is 2.99.